The van der Waals surface area contributed by atoms with E-state index in [1.807, 2.05) is 44.2 Å². The monoisotopic (exact) mass is 298 g/mol. The van der Waals surface area contributed by atoms with E-state index >= 15 is 0 Å². The van der Waals surface area contributed by atoms with Crippen molar-refractivity contribution >= 4 is 11.6 Å². The molecule has 2 aromatic rings. The topological polar surface area (TPSA) is 34.1 Å². The summed E-state index contributed by atoms with van der Waals surface area (Å²) in [6.07, 6.45) is 0.165. The molecule has 3 heteroatoms. The van der Waals surface area contributed by atoms with E-state index in [1.165, 1.54) is 24.3 Å². The molecular weight excluding hydrogens is 279 g/mol. The molecule has 0 bridgehead atoms. The number of halogens is 1. The van der Waals surface area contributed by atoms with Crippen LogP contribution in [-0.4, -0.2) is 11.6 Å². The molecule has 0 radical (unpaired) electrons. The Bertz CT molecular complexity index is 645. The highest BCUT2D eigenvalue weighted by atomic mass is 19.1. The highest BCUT2D eigenvalue weighted by Crippen LogP contribution is 2.26. The number of Topliss-reactive ketones (excluding diaryl/α,β-unsaturated/α-hetero) is 2. The van der Waals surface area contributed by atoms with Gasteiger partial charge in [0.1, 0.15) is 11.6 Å². The average Bonchev–Trinajstić information content (AvgIpc) is 2.53. The molecule has 0 saturated heterocycles. The number of rotatable bonds is 6. The van der Waals surface area contributed by atoms with Crippen molar-refractivity contribution in [3.63, 3.8) is 0 Å². The van der Waals surface area contributed by atoms with E-state index in [-0.39, 0.29) is 29.7 Å². The fourth-order valence-electron chi connectivity index (χ4n) is 2.30. The summed E-state index contributed by atoms with van der Waals surface area (Å²) in [6, 6.07) is 14.7. The molecule has 0 aliphatic carbocycles. The van der Waals surface area contributed by atoms with E-state index in [0.29, 0.717) is 5.56 Å². The van der Waals surface area contributed by atoms with Crippen molar-refractivity contribution in [2.45, 2.75) is 26.2 Å². The molecule has 0 saturated carbocycles. The minimum absolute atomic E-state index is 0.0457. The Hall–Kier alpha value is -2.29. The highest BCUT2D eigenvalue weighted by molar-refractivity contribution is 6.03. The van der Waals surface area contributed by atoms with Crippen LogP contribution in [0.2, 0.25) is 0 Å². The van der Waals surface area contributed by atoms with Crippen LogP contribution in [0.15, 0.2) is 54.6 Å². The third-order valence-corrected chi connectivity index (χ3v) is 3.70. The maximum Gasteiger partial charge on any atom is 0.170 e. The lowest BCUT2D eigenvalue weighted by Crippen LogP contribution is -2.19. The minimum Gasteiger partial charge on any atom is -0.299 e. The van der Waals surface area contributed by atoms with Crippen molar-refractivity contribution in [1.29, 1.82) is 0 Å². The first kappa shape index (κ1) is 16.1. The largest absolute Gasteiger partial charge is 0.299 e. The molecule has 22 heavy (non-hydrogen) atoms. The van der Waals surface area contributed by atoms with Gasteiger partial charge in [0, 0.05) is 17.9 Å². The molecule has 0 amide bonds. The smallest absolute Gasteiger partial charge is 0.170 e. The molecule has 1 atom stereocenters. The summed E-state index contributed by atoms with van der Waals surface area (Å²) >= 11 is 0. The molecular formula is C19H19FO2. The Morgan fingerprint density at radius 2 is 1.55 bits per heavy atom. The van der Waals surface area contributed by atoms with Crippen LogP contribution in [-0.2, 0) is 4.79 Å². The van der Waals surface area contributed by atoms with Crippen molar-refractivity contribution in [3.8, 4) is 0 Å². The number of hydrogen-bond donors (Lipinski definition) is 0. The molecule has 0 aliphatic heterocycles. The normalized spacial score (nSPS) is 12.2. The van der Waals surface area contributed by atoms with Crippen LogP contribution in [0.5, 0.6) is 0 Å². The lowest BCUT2D eigenvalue weighted by molar-refractivity contribution is -0.122. The fourth-order valence-corrected chi connectivity index (χ4v) is 2.30. The Morgan fingerprint density at radius 3 is 2.09 bits per heavy atom. The maximum atomic E-state index is 13.0. The molecule has 0 aliphatic rings. The number of carbonyl (C=O) groups excluding carboxylic acids is 2. The SMILES string of the molecule is CC(C)C(=O)C[C@H](C(=O)c1ccc(F)cc1)c1ccccc1. The molecule has 0 spiro atoms. The van der Waals surface area contributed by atoms with Crippen molar-refractivity contribution in [3.05, 3.63) is 71.5 Å². The molecule has 2 nitrogen and oxygen atoms in total. The van der Waals surface area contributed by atoms with E-state index in [2.05, 4.69) is 0 Å². The first-order chi connectivity index (χ1) is 10.5. The van der Waals surface area contributed by atoms with Crippen LogP contribution < -0.4 is 0 Å². The predicted molar refractivity (Wildman–Crippen MR) is 84.4 cm³/mol. The average molecular weight is 298 g/mol. The summed E-state index contributed by atoms with van der Waals surface area (Å²) < 4.78 is 13.0. The molecule has 0 unspecified atom stereocenters. The third kappa shape index (κ3) is 3.88. The van der Waals surface area contributed by atoms with E-state index in [9.17, 15) is 14.0 Å². The zero-order chi connectivity index (χ0) is 16.1. The van der Waals surface area contributed by atoms with Gasteiger partial charge < -0.3 is 0 Å². The van der Waals surface area contributed by atoms with E-state index in [1.54, 1.807) is 0 Å². The van der Waals surface area contributed by atoms with Crippen LogP contribution >= 0.6 is 0 Å². The van der Waals surface area contributed by atoms with Gasteiger partial charge >= 0.3 is 0 Å². The number of benzene rings is 2. The van der Waals surface area contributed by atoms with Gasteiger partial charge in [-0.05, 0) is 29.8 Å². The number of ketones is 2. The van der Waals surface area contributed by atoms with Crippen molar-refractivity contribution in [1.82, 2.24) is 0 Å². The zero-order valence-electron chi connectivity index (χ0n) is 12.8. The fraction of sp³-hybridized carbons (Fsp3) is 0.263. The first-order valence-electron chi connectivity index (χ1n) is 7.36. The highest BCUT2D eigenvalue weighted by Gasteiger charge is 2.25. The van der Waals surface area contributed by atoms with Gasteiger partial charge in [-0.25, -0.2) is 4.39 Å². The van der Waals surface area contributed by atoms with Gasteiger partial charge in [0.2, 0.25) is 0 Å². The minimum atomic E-state index is -0.526. The lowest BCUT2D eigenvalue weighted by Gasteiger charge is -2.17. The van der Waals surface area contributed by atoms with Crippen LogP contribution in [0.3, 0.4) is 0 Å². The molecule has 2 aromatic carbocycles. The van der Waals surface area contributed by atoms with Gasteiger partial charge in [-0.15, -0.1) is 0 Å². The summed E-state index contributed by atoms with van der Waals surface area (Å²) in [5, 5.41) is 0. The van der Waals surface area contributed by atoms with Gasteiger partial charge in [-0.1, -0.05) is 44.2 Å². The Kier molecular flexibility index (Phi) is 5.21. The van der Waals surface area contributed by atoms with Gasteiger partial charge in [-0.3, -0.25) is 9.59 Å². The summed E-state index contributed by atoms with van der Waals surface area (Å²) in [5.41, 5.74) is 1.23. The maximum absolute atomic E-state index is 13.0. The van der Waals surface area contributed by atoms with Crippen molar-refractivity contribution < 1.29 is 14.0 Å². The van der Waals surface area contributed by atoms with Crippen LogP contribution in [0.1, 0.15) is 42.1 Å². The van der Waals surface area contributed by atoms with Crippen LogP contribution in [0, 0.1) is 11.7 Å². The van der Waals surface area contributed by atoms with Gasteiger partial charge in [-0.2, -0.15) is 0 Å². The van der Waals surface area contributed by atoms with Crippen molar-refractivity contribution in [2.24, 2.45) is 5.92 Å². The molecule has 0 fully saturated rings. The second kappa shape index (κ2) is 7.12. The van der Waals surface area contributed by atoms with Crippen LogP contribution in [0.4, 0.5) is 4.39 Å². The Labute approximate surface area is 130 Å². The molecule has 114 valence electrons. The van der Waals surface area contributed by atoms with Crippen LogP contribution in [0.25, 0.3) is 0 Å². The quantitative estimate of drug-likeness (QED) is 0.740. The first-order valence-corrected chi connectivity index (χ1v) is 7.36. The van der Waals surface area contributed by atoms with E-state index in [4.69, 9.17) is 0 Å². The summed E-state index contributed by atoms with van der Waals surface area (Å²) in [4.78, 5) is 24.8. The van der Waals surface area contributed by atoms with Gasteiger partial charge in [0.25, 0.3) is 0 Å². The molecule has 0 heterocycles. The van der Waals surface area contributed by atoms with Gasteiger partial charge in [0.05, 0.1) is 5.92 Å². The Balaban J connectivity index is 2.33. The van der Waals surface area contributed by atoms with Gasteiger partial charge in [0.15, 0.2) is 5.78 Å². The number of carbonyl (C=O) groups is 2. The summed E-state index contributed by atoms with van der Waals surface area (Å²) in [6.45, 7) is 3.65. The molecule has 0 N–H and O–H groups in total. The number of hydrogen-bond acceptors (Lipinski definition) is 2. The standard InChI is InChI=1S/C19H19FO2/c1-13(2)18(21)12-17(14-6-4-3-5-7-14)19(22)15-8-10-16(20)11-9-15/h3-11,13,17H,12H2,1-2H3/t17-/m0/s1. The summed E-state index contributed by atoms with van der Waals surface area (Å²) in [7, 11) is 0. The molecule has 2 rings (SSSR count). The third-order valence-electron chi connectivity index (χ3n) is 3.70. The molecule has 0 aromatic heterocycles. The van der Waals surface area contributed by atoms with Crippen molar-refractivity contribution in [2.75, 3.05) is 0 Å². The summed E-state index contributed by atoms with van der Waals surface area (Å²) in [5.74, 6) is -1.13. The van der Waals surface area contributed by atoms with E-state index < -0.39 is 5.92 Å². The Morgan fingerprint density at radius 1 is 0.955 bits per heavy atom. The van der Waals surface area contributed by atoms with E-state index in [0.717, 1.165) is 5.56 Å². The second-order valence-electron chi connectivity index (χ2n) is 5.66. The second-order valence-corrected chi connectivity index (χ2v) is 5.66. The lowest BCUT2D eigenvalue weighted by atomic mass is 9.85. The predicted octanol–water partition coefficient (Wildman–Crippen LogP) is 4.41. The zero-order valence-corrected chi connectivity index (χ0v) is 12.8.